The minimum Gasteiger partial charge on any atom is -0.496 e. The maximum atomic E-state index is 13.0. The van der Waals surface area contributed by atoms with E-state index < -0.39 is 12.6 Å². The molecule has 4 rings (SSSR count). The van der Waals surface area contributed by atoms with Gasteiger partial charge in [-0.2, -0.15) is 0 Å². The Bertz CT molecular complexity index is 1480. The largest absolute Gasteiger partial charge is 0.496 e. The Morgan fingerprint density at radius 3 is 2.15 bits per heavy atom. The molecule has 0 aliphatic carbocycles. The van der Waals surface area contributed by atoms with Crippen molar-refractivity contribution >= 4 is 33.2 Å². The second-order valence-corrected chi connectivity index (χ2v) is 9.46. The van der Waals surface area contributed by atoms with Crippen molar-refractivity contribution in [1.29, 1.82) is 0 Å². The summed E-state index contributed by atoms with van der Waals surface area (Å²) in [4.78, 5) is 25.2. The van der Waals surface area contributed by atoms with Crippen LogP contribution in [0.4, 0.5) is 0 Å². The van der Waals surface area contributed by atoms with E-state index in [0.717, 1.165) is 20.5 Å². The van der Waals surface area contributed by atoms with Crippen molar-refractivity contribution in [3.63, 3.8) is 0 Å². The maximum absolute atomic E-state index is 13.0. The first-order valence-electron chi connectivity index (χ1n) is 11.9. The Morgan fingerprint density at radius 2 is 1.54 bits per heavy atom. The monoisotopic (exact) mass is 548 g/mol. The zero-order chi connectivity index (χ0) is 27.9. The maximum Gasteiger partial charge on any atom is 0.341 e. The van der Waals surface area contributed by atoms with Crippen LogP contribution in [0.2, 0.25) is 0 Å². The number of hydrogen-bond acceptors (Lipinski definition) is 8. The highest BCUT2D eigenvalue weighted by molar-refractivity contribution is 7.22. The van der Waals surface area contributed by atoms with Gasteiger partial charge in [0.15, 0.2) is 23.9 Å². The third-order valence-electron chi connectivity index (χ3n) is 5.98. The van der Waals surface area contributed by atoms with Crippen LogP contribution in [-0.4, -0.2) is 51.9 Å². The lowest BCUT2D eigenvalue weighted by Crippen LogP contribution is -2.10. The Hall–Kier alpha value is -4.50. The van der Waals surface area contributed by atoms with Gasteiger partial charge in [0.1, 0.15) is 11.5 Å². The number of thiophene rings is 1. The number of aliphatic carboxylic acids is 1. The van der Waals surface area contributed by atoms with Crippen molar-refractivity contribution in [2.24, 2.45) is 0 Å². The molecular formula is C30H28O8S. The van der Waals surface area contributed by atoms with Crippen molar-refractivity contribution < 1.29 is 38.4 Å². The van der Waals surface area contributed by atoms with Crippen molar-refractivity contribution in [2.75, 3.05) is 35.0 Å². The Kier molecular flexibility index (Phi) is 8.73. The average Bonchev–Trinajstić information content (AvgIpc) is 3.39. The molecular weight excluding hydrogens is 520 g/mol. The standard InChI is InChI=1S/C30H28O8S/c1-34-24-16-23(38-17-29(32)33)18(12-21(24)28-15-19-8-5-6-11-27(19)39-28)9-7-10-22(31)20-13-25(35-2)30(37-4)26(14-20)36-3/h5-8,10-16H,9,17H2,1-4H3,(H,32,33)/b10-7+. The van der Waals surface area contributed by atoms with Crippen LogP contribution in [0.25, 0.3) is 20.5 Å². The van der Waals surface area contributed by atoms with E-state index in [9.17, 15) is 9.59 Å². The van der Waals surface area contributed by atoms with E-state index >= 15 is 0 Å². The number of ether oxygens (including phenoxy) is 5. The van der Waals surface area contributed by atoms with Gasteiger partial charge in [-0.05, 0) is 53.8 Å². The second-order valence-electron chi connectivity index (χ2n) is 8.38. The molecule has 0 spiro atoms. The lowest BCUT2D eigenvalue weighted by atomic mass is 10.0. The lowest BCUT2D eigenvalue weighted by Gasteiger charge is -2.15. The molecule has 0 atom stereocenters. The zero-order valence-electron chi connectivity index (χ0n) is 22.0. The van der Waals surface area contributed by atoms with E-state index in [-0.39, 0.29) is 5.78 Å². The smallest absolute Gasteiger partial charge is 0.341 e. The number of ketones is 1. The van der Waals surface area contributed by atoms with Gasteiger partial charge in [0.25, 0.3) is 0 Å². The van der Waals surface area contributed by atoms with Crippen molar-refractivity contribution in [2.45, 2.75) is 6.42 Å². The number of carbonyl (C=O) groups excluding carboxylic acids is 1. The molecule has 0 aliphatic rings. The van der Waals surface area contributed by atoms with E-state index in [2.05, 4.69) is 12.1 Å². The van der Waals surface area contributed by atoms with E-state index in [1.165, 1.54) is 27.4 Å². The number of hydrogen-bond donors (Lipinski definition) is 1. The average molecular weight is 549 g/mol. The molecule has 0 saturated carbocycles. The molecule has 0 fully saturated rings. The van der Waals surface area contributed by atoms with Gasteiger partial charge in [-0.1, -0.05) is 24.3 Å². The molecule has 9 heteroatoms. The Morgan fingerprint density at radius 1 is 0.846 bits per heavy atom. The number of rotatable bonds is 12. The molecule has 0 saturated heterocycles. The fraction of sp³-hybridized carbons (Fsp3) is 0.200. The summed E-state index contributed by atoms with van der Waals surface area (Å²) in [7, 11) is 6.02. The topological polar surface area (TPSA) is 101 Å². The molecule has 4 aromatic rings. The molecule has 202 valence electrons. The summed E-state index contributed by atoms with van der Waals surface area (Å²) in [6.07, 6.45) is 3.47. The highest BCUT2D eigenvalue weighted by Crippen LogP contribution is 2.42. The van der Waals surface area contributed by atoms with Gasteiger partial charge < -0.3 is 28.8 Å². The minimum atomic E-state index is -1.10. The van der Waals surface area contributed by atoms with E-state index in [1.54, 1.807) is 42.7 Å². The van der Waals surface area contributed by atoms with E-state index in [0.29, 0.717) is 46.3 Å². The first-order chi connectivity index (χ1) is 18.9. The van der Waals surface area contributed by atoms with Crippen molar-refractivity contribution in [3.05, 3.63) is 77.9 Å². The number of carbonyl (C=O) groups is 2. The van der Waals surface area contributed by atoms with Gasteiger partial charge in [-0.3, -0.25) is 4.79 Å². The van der Waals surface area contributed by atoms with Gasteiger partial charge in [0.2, 0.25) is 5.75 Å². The highest BCUT2D eigenvalue weighted by atomic mass is 32.1. The molecule has 0 radical (unpaired) electrons. The third kappa shape index (κ3) is 6.15. The molecule has 0 aliphatic heterocycles. The van der Waals surface area contributed by atoms with Gasteiger partial charge in [-0.25, -0.2) is 4.79 Å². The quantitative estimate of drug-likeness (QED) is 0.169. The molecule has 3 aromatic carbocycles. The second kappa shape index (κ2) is 12.4. The van der Waals surface area contributed by atoms with Crippen LogP contribution in [0.3, 0.4) is 0 Å². The summed E-state index contributed by atoms with van der Waals surface area (Å²) >= 11 is 1.63. The van der Waals surface area contributed by atoms with Gasteiger partial charge >= 0.3 is 5.97 Å². The first kappa shape index (κ1) is 27.5. The predicted octanol–water partition coefficient (Wildman–Crippen LogP) is 6.05. The number of methoxy groups -OCH3 is 4. The SMILES string of the molecule is COc1cc(OCC(=O)O)c(C/C=C/C(=O)c2cc(OC)c(OC)c(OC)c2)cc1-c1cc2ccccc2s1. The molecule has 0 bridgehead atoms. The summed E-state index contributed by atoms with van der Waals surface area (Å²) in [5, 5.41) is 10.3. The molecule has 1 N–H and O–H groups in total. The van der Waals surface area contributed by atoms with E-state index in [4.69, 9.17) is 28.8 Å². The fourth-order valence-electron chi connectivity index (χ4n) is 4.13. The lowest BCUT2D eigenvalue weighted by molar-refractivity contribution is -0.139. The normalized spacial score (nSPS) is 11.0. The van der Waals surface area contributed by atoms with Crippen molar-refractivity contribution in [3.8, 4) is 39.2 Å². The number of fused-ring (bicyclic) bond motifs is 1. The summed E-state index contributed by atoms with van der Waals surface area (Å²) in [6.45, 7) is -0.507. The summed E-state index contributed by atoms with van der Waals surface area (Å²) < 4.78 is 28.4. The molecule has 8 nitrogen and oxygen atoms in total. The van der Waals surface area contributed by atoms with Crippen LogP contribution < -0.4 is 23.7 Å². The van der Waals surface area contributed by atoms with Gasteiger partial charge in [-0.15, -0.1) is 11.3 Å². The predicted molar refractivity (Wildman–Crippen MR) is 150 cm³/mol. The molecule has 0 unspecified atom stereocenters. The zero-order valence-corrected chi connectivity index (χ0v) is 22.8. The highest BCUT2D eigenvalue weighted by Gasteiger charge is 2.18. The number of allylic oxidation sites excluding steroid dienone is 2. The Balaban J connectivity index is 1.67. The van der Waals surface area contributed by atoms with Gasteiger partial charge in [0.05, 0.1) is 28.4 Å². The Labute approximate surface area is 230 Å². The third-order valence-corrected chi connectivity index (χ3v) is 7.13. The number of benzene rings is 3. The van der Waals surface area contributed by atoms with Crippen LogP contribution in [0, 0.1) is 0 Å². The molecule has 39 heavy (non-hydrogen) atoms. The van der Waals surface area contributed by atoms with Crippen LogP contribution in [0.1, 0.15) is 15.9 Å². The van der Waals surface area contributed by atoms with E-state index in [1.807, 2.05) is 24.3 Å². The van der Waals surface area contributed by atoms with Crippen LogP contribution in [0.15, 0.2) is 66.7 Å². The minimum absolute atomic E-state index is 0.263. The molecule has 0 amide bonds. The number of carboxylic acid groups (broad SMARTS) is 1. The summed E-state index contributed by atoms with van der Waals surface area (Å²) in [6, 6.07) is 16.9. The molecule has 1 aromatic heterocycles. The van der Waals surface area contributed by atoms with Gasteiger partial charge in [0, 0.05) is 26.8 Å². The summed E-state index contributed by atoms with van der Waals surface area (Å²) in [5.41, 5.74) is 1.92. The molecule has 1 heterocycles. The first-order valence-corrected chi connectivity index (χ1v) is 12.8. The van der Waals surface area contributed by atoms with Crippen molar-refractivity contribution in [1.82, 2.24) is 0 Å². The van der Waals surface area contributed by atoms with Crippen LogP contribution >= 0.6 is 11.3 Å². The van der Waals surface area contributed by atoms with Crippen LogP contribution in [-0.2, 0) is 11.2 Å². The summed E-state index contributed by atoms with van der Waals surface area (Å²) in [5.74, 6) is 0.712. The van der Waals surface area contributed by atoms with Crippen LogP contribution in [0.5, 0.6) is 28.7 Å². The number of carboxylic acids is 1. The fourth-order valence-corrected chi connectivity index (χ4v) is 5.21.